The third kappa shape index (κ3) is 3.31. The molecule has 1 aliphatic rings. The Balaban J connectivity index is 2.02. The zero-order chi connectivity index (χ0) is 17.1. The number of ether oxygens (including phenoxy) is 1. The van der Waals surface area contributed by atoms with Crippen LogP contribution in [-0.4, -0.2) is 28.2 Å². The van der Waals surface area contributed by atoms with Gasteiger partial charge in [0.1, 0.15) is 11.6 Å². The van der Waals surface area contributed by atoms with Gasteiger partial charge in [0.05, 0.1) is 12.2 Å². The van der Waals surface area contributed by atoms with Gasteiger partial charge in [0, 0.05) is 12.3 Å². The summed E-state index contributed by atoms with van der Waals surface area (Å²) in [6, 6.07) is 7.50. The number of thioether (sulfide) groups is 1. The molecule has 1 aliphatic heterocycles. The minimum Gasteiger partial charge on any atom is -0.494 e. The number of hydrogen-bond donors (Lipinski definition) is 2. The fourth-order valence-corrected chi connectivity index (χ4v) is 3.40. The average Bonchev–Trinajstić information content (AvgIpc) is 2.55. The normalized spacial score (nSPS) is 16.4. The number of nitrogens with zero attached hydrogens (tertiary/aromatic N) is 1. The molecule has 2 aromatic rings. The Morgan fingerprint density at radius 1 is 1.25 bits per heavy atom. The molecule has 1 atom stereocenters. The second-order valence-electron chi connectivity index (χ2n) is 5.37. The number of nitrogens with one attached hydrogen (secondary N) is 2. The number of H-pyrrole nitrogens is 1. The van der Waals surface area contributed by atoms with Crippen molar-refractivity contribution in [2.75, 3.05) is 17.7 Å². The Hall–Kier alpha value is -2.28. The van der Waals surface area contributed by atoms with E-state index in [-0.39, 0.29) is 23.8 Å². The summed E-state index contributed by atoms with van der Waals surface area (Å²) in [5.41, 5.74) is 1.21. The number of hydrogen-bond acceptors (Lipinski definition) is 5. The predicted molar refractivity (Wildman–Crippen MR) is 94.0 cm³/mol. The summed E-state index contributed by atoms with van der Waals surface area (Å²) in [6.45, 7) is 4.49. The van der Waals surface area contributed by atoms with E-state index in [2.05, 4.69) is 15.3 Å². The van der Waals surface area contributed by atoms with Gasteiger partial charge in [-0.1, -0.05) is 30.8 Å². The molecule has 6 nitrogen and oxygen atoms in total. The molecule has 0 bridgehead atoms. The molecular weight excluding hydrogens is 326 g/mol. The smallest absolute Gasteiger partial charge is 0.257 e. The molecule has 0 unspecified atom stereocenters. The van der Waals surface area contributed by atoms with Crippen molar-refractivity contribution in [2.45, 2.75) is 31.3 Å². The van der Waals surface area contributed by atoms with E-state index in [4.69, 9.17) is 4.74 Å². The van der Waals surface area contributed by atoms with Crippen molar-refractivity contribution in [3.8, 4) is 5.75 Å². The van der Waals surface area contributed by atoms with Gasteiger partial charge in [-0.3, -0.25) is 9.59 Å². The molecular formula is C17H19N3O3S. The van der Waals surface area contributed by atoms with Crippen molar-refractivity contribution in [1.29, 1.82) is 0 Å². The predicted octanol–water partition coefficient (Wildman–Crippen LogP) is 2.75. The number of fused-ring (bicyclic) bond motifs is 1. The summed E-state index contributed by atoms with van der Waals surface area (Å²) in [5.74, 6) is 1.49. The van der Waals surface area contributed by atoms with E-state index in [0.29, 0.717) is 23.1 Å². The first kappa shape index (κ1) is 16.6. The van der Waals surface area contributed by atoms with Crippen LogP contribution in [0.1, 0.15) is 37.3 Å². The number of aromatic nitrogens is 2. The first-order valence-corrected chi connectivity index (χ1v) is 8.90. The lowest BCUT2D eigenvalue weighted by atomic mass is 9.87. The Bertz CT molecular complexity index is 802. The van der Waals surface area contributed by atoms with Gasteiger partial charge in [0.25, 0.3) is 5.56 Å². The summed E-state index contributed by atoms with van der Waals surface area (Å²) >= 11 is 1.43. The van der Waals surface area contributed by atoms with E-state index >= 15 is 0 Å². The van der Waals surface area contributed by atoms with E-state index in [1.165, 1.54) is 11.8 Å². The van der Waals surface area contributed by atoms with Gasteiger partial charge in [0.15, 0.2) is 5.16 Å². The molecule has 1 aromatic heterocycles. The summed E-state index contributed by atoms with van der Waals surface area (Å²) in [6.07, 6.45) is 0.228. The maximum Gasteiger partial charge on any atom is 0.257 e. The van der Waals surface area contributed by atoms with Crippen LogP contribution in [0.3, 0.4) is 0 Å². The van der Waals surface area contributed by atoms with Crippen LogP contribution in [0.15, 0.2) is 34.2 Å². The number of aromatic amines is 1. The van der Waals surface area contributed by atoms with E-state index in [0.717, 1.165) is 17.1 Å². The zero-order valence-corrected chi connectivity index (χ0v) is 14.4. The average molecular weight is 345 g/mol. The van der Waals surface area contributed by atoms with Crippen molar-refractivity contribution < 1.29 is 9.53 Å². The van der Waals surface area contributed by atoms with Gasteiger partial charge < -0.3 is 15.0 Å². The number of amides is 1. The first-order valence-electron chi connectivity index (χ1n) is 7.92. The minimum absolute atomic E-state index is 0.132. The standard InChI is InChI=1S/C17H19N3O3S/c1-3-23-11-7-5-10(6-8-11)12-9-13(21)18-15-14(12)16(22)20-17(19-15)24-4-2/h5-8,12H,3-4,9H2,1-2H3,(H2,18,19,20,21,22)/t12-/m1/s1. The van der Waals surface area contributed by atoms with Crippen molar-refractivity contribution in [2.24, 2.45) is 0 Å². The van der Waals surface area contributed by atoms with E-state index < -0.39 is 0 Å². The lowest BCUT2D eigenvalue weighted by Gasteiger charge is -2.24. The molecule has 0 aliphatic carbocycles. The lowest BCUT2D eigenvalue weighted by molar-refractivity contribution is -0.116. The summed E-state index contributed by atoms with van der Waals surface area (Å²) in [5, 5.41) is 3.24. The number of anilines is 1. The SMILES string of the molecule is CCOc1ccc([C@H]2CC(=O)Nc3nc(SCC)[nH]c(=O)c32)cc1. The van der Waals surface area contributed by atoms with Crippen LogP contribution in [0.5, 0.6) is 5.75 Å². The van der Waals surface area contributed by atoms with Crippen LogP contribution in [0, 0.1) is 0 Å². The molecule has 7 heteroatoms. The highest BCUT2D eigenvalue weighted by atomic mass is 32.2. The van der Waals surface area contributed by atoms with E-state index in [1.54, 1.807) is 0 Å². The van der Waals surface area contributed by atoms with E-state index in [1.807, 2.05) is 38.1 Å². The Kier molecular flexibility index (Phi) is 4.89. The lowest BCUT2D eigenvalue weighted by Crippen LogP contribution is -2.31. The largest absolute Gasteiger partial charge is 0.494 e. The van der Waals surface area contributed by atoms with Crippen LogP contribution in [-0.2, 0) is 4.79 Å². The minimum atomic E-state index is -0.304. The van der Waals surface area contributed by atoms with Crippen molar-refractivity contribution >= 4 is 23.5 Å². The second kappa shape index (κ2) is 7.09. The second-order valence-corrected chi connectivity index (χ2v) is 6.63. The number of benzene rings is 1. The van der Waals surface area contributed by atoms with Gasteiger partial charge >= 0.3 is 0 Å². The fraction of sp³-hybridized carbons (Fsp3) is 0.353. The van der Waals surface area contributed by atoms with Crippen LogP contribution < -0.4 is 15.6 Å². The topological polar surface area (TPSA) is 84.1 Å². The van der Waals surface area contributed by atoms with Gasteiger partial charge in [-0.2, -0.15) is 0 Å². The van der Waals surface area contributed by atoms with Gasteiger partial charge in [-0.15, -0.1) is 0 Å². The third-order valence-electron chi connectivity index (χ3n) is 3.80. The highest BCUT2D eigenvalue weighted by Crippen LogP contribution is 2.35. The van der Waals surface area contributed by atoms with E-state index in [9.17, 15) is 9.59 Å². The van der Waals surface area contributed by atoms with Crippen LogP contribution in [0.25, 0.3) is 0 Å². The van der Waals surface area contributed by atoms with Gasteiger partial charge in [-0.05, 0) is 30.4 Å². The van der Waals surface area contributed by atoms with Crippen LogP contribution in [0.4, 0.5) is 5.82 Å². The molecule has 2 heterocycles. The molecule has 0 spiro atoms. The summed E-state index contributed by atoms with van der Waals surface area (Å²) in [4.78, 5) is 31.8. The molecule has 3 rings (SSSR count). The van der Waals surface area contributed by atoms with Crippen LogP contribution >= 0.6 is 11.8 Å². The Morgan fingerprint density at radius 3 is 2.67 bits per heavy atom. The fourth-order valence-electron chi connectivity index (χ4n) is 2.80. The van der Waals surface area contributed by atoms with Crippen molar-refractivity contribution in [1.82, 2.24) is 9.97 Å². The maximum absolute atomic E-state index is 12.5. The molecule has 126 valence electrons. The monoisotopic (exact) mass is 345 g/mol. The first-order chi connectivity index (χ1) is 11.6. The third-order valence-corrected chi connectivity index (χ3v) is 4.56. The maximum atomic E-state index is 12.5. The molecule has 0 saturated carbocycles. The van der Waals surface area contributed by atoms with Crippen molar-refractivity contribution in [3.63, 3.8) is 0 Å². The molecule has 24 heavy (non-hydrogen) atoms. The Labute approximate surface area is 144 Å². The number of carbonyl (C=O) groups is 1. The Morgan fingerprint density at radius 2 is 2.00 bits per heavy atom. The number of rotatable bonds is 5. The molecule has 1 aromatic carbocycles. The van der Waals surface area contributed by atoms with Crippen molar-refractivity contribution in [3.05, 3.63) is 45.7 Å². The van der Waals surface area contributed by atoms with Gasteiger partial charge in [0.2, 0.25) is 5.91 Å². The quantitative estimate of drug-likeness (QED) is 0.643. The summed E-state index contributed by atoms with van der Waals surface area (Å²) in [7, 11) is 0. The zero-order valence-electron chi connectivity index (χ0n) is 13.6. The molecule has 0 saturated heterocycles. The molecule has 0 radical (unpaired) electrons. The highest BCUT2D eigenvalue weighted by Gasteiger charge is 2.30. The molecule has 0 fully saturated rings. The molecule has 1 amide bonds. The molecule has 2 N–H and O–H groups in total. The summed E-state index contributed by atoms with van der Waals surface area (Å²) < 4.78 is 5.44. The highest BCUT2D eigenvalue weighted by molar-refractivity contribution is 7.99. The van der Waals surface area contributed by atoms with Crippen LogP contribution in [0.2, 0.25) is 0 Å². The van der Waals surface area contributed by atoms with Gasteiger partial charge in [-0.25, -0.2) is 4.98 Å². The number of carbonyl (C=O) groups excluding carboxylic acids is 1.